The fourth-order valence-electron chi connectivity index (χ4n) is 4.05. The van der Waals surface area contributed by atoms with Crippen LogP contribution in [0.25, 0.3) is 0 Å². The molecule has 5 heteroatoms. The molecule has 1 unspecified atom stereocenters. The number of methoxy groups -OCH3 is 2. The van der Waals surface area contributed by atoms with Gasteiger partial charge in [-0.3, -0.25) is 4.79 Å². The van der Waals surface area contributed by atoms with E-state index < -0.39 is 0 Å². The first-order valence-corrected chi connectivity index (χ1v) is 9.94. The first kappa shape index (κ1) is 20.2. The highest BCUT2D eigenvalue weighted by atomic mass is 16.5. The molecule has 0 bridgehead atoms. The van der Waals surface area contributed by atoms with Gasteiger partial charge in [0.15, 0.2) is 11.5 Å². The summed E-state index contributed by atoms with van der Waals surface area (Å²) in [7, 11) is 5.22. The van der Waals surface area contributed by atoms with E-state index in [1.54, 1.807) is 14.2 Å². The molecular weight excluding hydrogens is 352 g/mol. The van der Waals surface area contributed by atoms with E-state index in [1.165, 1.54) is 16.0 Å². The zero-order valence-corrected chi connectivity index (χ0v) is 17.1. The Labute approximate surface area is 167 Å². The van der Waals surface area contributed by atoms with E-state index in [2.05, 4.69) is 18.2 Å². The van der Waals surface area contributed by atoms with Gasteiger partial charge in [0.05, 0.1) is 33.2 Å². The molecule has 1 saturated heterocycles. The zero-order valence-electron chi connectivity index (χ0n) is 17.1. The Kier molecular flexibility index (Phi) is 6.93. The number of rotatable bonds is 7. The molecule has 0 spiro atoms. The van der Waals surface area contributed by atoms with Gasteiger partial charge in [-0.25, -0.2) is 0 Å². The Morgan fingerprint density at radius 2 is 1.82 bits per heavy atom. The van der Waals surface area contributed by atoms with Crippen molar-refractivity contribution in [2.75, 3.05) is 34.4 Å². The lowest BCUT2D eigenvalue weighted by atomic mass is 9.96. The maximum absolute atomic E-state index is 13.0. The van der Waals surface area contributed by atoms with Crippen LogP contribution in [-0.4, -0.2) is 45.2 Å². The number of carbonyl (C=O) groups is 1. The predicted octanol–water partition coefficient (Wildman–Crippen LogP) is 2.16. The minimum atomic E-state index is 0.0950. The number of ether oxygens (including phenoxy) is 2. The molecule has 1 N–H and O–H groups in total. The fourth-order valence-corrected chi connectivity index (χ4v) is 4.05. The molecule has 5 nitrogen and oxygen atoms in total. The Balaban J connectivity index is 1.59. The number of amides is 1. The van der Waals surface area contributed by atoms with Crippen LogP contribution in [0, 0.1) is 5.92 Å². The zero-order chi connectivity index (χ0) is 19.9. The quantitative estimate of drug-likeness (QED) is 0.797. The molecule has 1 aliphatic heterocycles. The number of nitrogens with one attached hydrogen (secondary N) is 1. The number of piperidine rings is 1. The van der Waals surface area contributed by atoms with Crippen LogP contribution in [0.4, 0.5) is 0 Å². The average molecular weight is 384 g/mol. The molecule has 1 fully saturated rings. The van der Waals surface area contributed by atoms with Crippen LogP contribution >= 0.6 is 0 Å². The second kappa shape index (κ2) is 9.60. The van der Waals surface area contributed by atoms with Gasteiger partial charge in [0.25, 0.3) is 0 Å². The smallest absolute Gasteiger partial charge is 0.231 e. The highest BCUT2D eigenvalue weighted by molar-refractivity contribution is 5.78. The molecule has 0 saturated carbocycles. The Morgan fingerprint density at radius 3 is 2.54 bits per heavy atom. The van der Waals surface area contributed by atoms with E-state index in [4.69, 9.17) is 9.47 Å². The van der Waals surface area contributed by atoms with Crippen molar-refractivity contribution in [1.82, 2.24) is 4.90 Å². The Morgan fingerprint density at radius 1 is 1.07 bits per heavy atom. The molecule has 2 aromatic rings. The van der Waals surface area contributed by atoms with Gasteiger partial charge in [-0.05, 0) is 36.6 Å². The van der Waals surface area contributed by atoms with Gasteiger partial charge in [0, 0.05) is 19.2 Å². The van der Waals surface area contributed by atoms with Crippen LogP contribution in [0.3, 0.4) is 0 Å². The van der Waals surface area contributed by atoms with Gasteiger partial charge < -0.3 is 19.3 Å². The second-order valence-electron chi connectivity index (χ2n) is 7.59. The van der Waals surface area contributed by atoms with Gasteiger partial charge in [0.1, 0.15) is 6.54 Å². The van der Waals surface area contributed by atoms with Gasteiger partial charge in [0.2, 0.25) is 5.91 Å². The molecule has 1 heterocycles. The molecule has 2 aromatic carbocycles. The van der Waals surface area contributed by atoms with Gasteiger partial charge in [-0.2, -0.15) is 0 Å². The lowest BCUT2D eigenvalue weighted by molar-refractivity contribution is -0.921. The third-order valence-electron chi connectivity index (χ3n) is 5.51. The van der Waals surface area contributed by atoms with Crippen molar-refractivity contribution in [2.24, 2.45) is 5.92 Å². The molecule has 150 valence electrons. The van der Waals surface area contributed by atoms with Crippen LogP contribution in [0.15, 0.2) is 48.5 Å². The van der Waals surface area contributed by atoms with Gasteiger partial charge in [-0.15, -0.1) is 0 Å². The van der Waals surface area contributed by atoms with Crippen molar-refractivity contribution in [3.63, 3.8) is 0 Å². The van der Waals surface area contributed by atoms with E-state index in [-0.39, 0.29) is 11.8 Å². The number of hydrogen-bond acceptors (Lipinski definition) is 3. The van der Waals surface area contributed by atoms with Crippen LogP contribution in [-0.2, 0) is 17.9 Å². The predicted molar refractivity (Wildman–Crippen MR) is 110 cm³/mol. The lowest BCUT2D eigenvalue weighted by Gasteiger charge is -2.31. The summed E-state index contributed by atoms with van der Waals surface area (Å²) in [5.74, 6) is 1.85. The largest absolute Gasteiger partial charge is 0.493 e. The van der Waals surface area contributed by atoms with Crippen LogP contribution in [0.5, 0.6) is 11.5 Å². The molecule has 0 aliphatic carbocycles. The number of likely N-dealkylation sites (tertiary alicyclic amines) is 1. The SMILES string of the molecule is COc1ccc(C[NH+]2CCC[C@H](C(=O)N(C)Cc3ccccc3)C2)cc1OC. The van der Waals surface area contributed by atoms with Crippen molar-refractivity contribution in [3.8, 4) is 11.5 Å². The summed E-state index contributed by atoms with van der Waals surface area (Å²) in [6, 6.07) is 16.3. The summed E-state index contributed by atoms with van der Waals surface area (Å²) in [6.07, 6.45) is 2.06. The van der Waals surface area contributed by atoms with E-state index in [9.17, 15) is 4.79 Å². The summed E-state index contributed by atoms with van der Waals surface area (Å²) >= 11 is 0. The third kappa shape index (κ3) is 5.04. The second-order valence-corrected chi connectivity index (χ2v) is 7.59. The highest BCUT2D eigenvalue weighted by Crippen LogP contribution is 2.27. The minimum absolute atomic E-state index is 0.0950. The van der Waals surface area contributed by atoms with Crippen molar-refractivity contribution in [3.05, 3.63) is 59.7 Å². The third-order valence-corrected chi connectivity index (χ3v) is 5.51. The molecular formula is C23H31N2O3+. The molecule has 0 radical (unpaired) electrons. The lowest BCUT2D eigenvalue weighted by Crippen LogP contribution is -3.12. The standard InChI is InChI=1S/C23H30N2O3/c1-24(15-18-8-5-4-6-9-18)23(26)20-10-7-13-25(17-20)16-19-11-12-21(27-2)22(14-19)28-3/h4-6,8-9,11-12,14,20H,7,10,13,15-17H2,1-3H3/p+1/t20-/m0/s1. The normalized spacial score (nSPS) is 19.1. The fraction of sp³-hybridized carbons (Fsp3) is 0.435. The van der Waals surface area contributed by atoms with Crippen LogP contribution in [0.2, 0.25) is 0 Å². The van der Waals surface area contributed by atoms with Gasteiger partial charge >= 0.3 is 0 Å². The number of carbonyl (C=O) groups excluding carboxylic acids is 1. The Bertz CT molecular complexity index is 779. The summed E-state index contributed by atoms with van der Waals surface area (Å²) in [6.45, 7) is 3.54. The topological polar surface area (TPSA) is 43.2 Å². The van der Waals surface area contributed by atoms with E-state index in [0.717, 1.165) is 44.0 Å². The monoisotopic (exact) mass is 383 g/mol. The van der Waals surface area contributed by atoms with Crippen molar-refractivity contribution < 1.29 is 19.2 Å². The summed E-state index contributed by atoms with van der Waals surface area (Å²) in [5, 5.41) is 0. The number of benzene rings is 2. The first-order valence-electron chi connectivity index (χ1n) is 9.94. The summed E-state index contributed by atoms with van der Waals surface area (Å²) in [5.41, 5.74) is 2.38. The molecule has 28 heavy (non-hydrogen) atoms. The van der Waals surface area contributed by atoms with Crippen molar-refractivity contribution >= 4 is 5.91 Å². The van der Waals surface area contributed by atoms with E-state index >= 15 is 0 Å². The highest BCUT2D eigenvalue weighted by Gasteiger charge is 2.30. The minimum Gasteiger partial charge on any atom is -0.493 e. The molecule has 0 aromatic heterocycles. The maximum atomic E-state index is 13.0. The summed E-state index contributed by atoms with van der Waals surface area (Å²) in [4.78, 5) is 16.3. The van der Waals surface area contributed by atoms with E-state index in [1.807, 2.05) is 42.3 Å². The maximum Gasteiger partial charge on any atom is 0.231 e. The van der Waals surface area contributed by atoms with Gasteiger partial charge in [-0.1, -0.05) is 30.3 Å². The number of nitrogens with zero attached hydrogens (tertiary/aromatic N) is 1. The number of quaternary nitrogens is 1. The summed E-state index contributed by atoms with van der Waals surface area (Å²) < 4.78 is 10.7. The number of hydrogen-bond donors (Lipinski definition) is 1. The van der Waals surface area contributed by atoms with Crippen LogP contribution in [0.1, 0.15) is 24.0 Å². The van der Waals surface area contributed by atoms with Crippen LogP contribution < -0.4 is 14.4 Å². The molecule has 3 rings (SSSR count). The molecule has 1 aliphatic rings. The molecule has 2 atom stereocenters. The Hall–Kier alpha value is -2.53. The van der Waals surface area contributed by atoms with Crippen molar-refractivity contribution in [2.45, 2.75) is 25.9 Å². The molecule has 1 amide bonds. The average Bonchev–Trinajstić information content (AvgIpc) is 2.74. The van der Waals surface area contributed by atoms with Crippen molar-refractivity contribution in [1.29, 1.82) is 0 Å². The first-order chi connectivity index (χ1) is 13.6. The van der Waals surface area contributed by atoms with E-state index in [0.29, 0.717) is 6.54 Å².